The molecule has 0 aromatic heterocycles. The number of nitrogens with zero attached hydrogens (tertiary/aromatic N) is 2. The van der Waals surface area contributed by atoms with Gasteiger partial charge in [-0.2, -0.15) is 9.57 Å². The Morgan fingerprint density at radius 2 is 2.06 bits per heavy atom. The summed E-state index contributed by atoms with van der Waals surface area (Å²) in [5.41, 5.74) is 0.218. The molecule has 2 rings (SSSR count). The van der Waals surface area contributed by atoms with Crippen LogP contribution in [0.4, 0.5) is 0 Å². The van der Waals surface area contributed by atoms with E-state index in [0.717, 1.165) is 19.3 Å². The van der Waals surface area contributed by atoms with Crippen molar-refractivity contribution < 1.29 is 8.42 Å². The van der Waals surface area contributed by atoms with E-state index in [1.54, 1.807) is 18.2 Å². The molecule has 1 aliphatic heterocycles. The van der Waals surface area contributed by atoms with E-state index in [-0.39, 0.29) is 16.5 Å². The van der Waals surface area contributed by atoms with Crippen molar-refractivity contribution in [1.82, 2.24) is 4.31 Å². The molecular formula is C13H16N2O2S. The molecule has 0 spiro atoms. The van der Waals surface area contributed by atoms with Crippen LogP contribution < -0.4 is 0 Å². The van der Waals surface area contributed by atoms with Gasteiger partial charge in [-0.15, -0.1) is 0 Å². The van der Waals surface area contributed by atoms with E-state index >= 15 is 0 Å². The molecule has 5 heteroatoms. The van der Waals surface area contributed by atoms with Gasteiger partial charge in [-0.25, -0.2) is 8.42 Å². The van der Waals surface area contributed by atoms with Gasteiger partial charge in [-0.1, -0.05) is 18.6 Å². The van der Waals surface area contributed by atoms with E-state index < -0.39 is 10.0 Å². The summed E-state index contributed by atoms with van der Waals surface area (Å²) >= 11 is 0. The largest absolute Gasteiger partial charge is 0.244 e. The minimum atomic E-state index is -3.54. The lowest BCUT2D eigenvalue weighted by Crippen LogP contribution is -2.42. The van der Waals surface area contributed by atoms with E-state index in [1.807, 2.05) is 13.0 Å². The highest BCUT2D eigenvalue weighted by atomic mass is 32.2. The van der Waals surface area contributed by atoms with Gasteiger partial charge in [0.05, 0.1) is 10.5 Å². The zero-order chi connectivity index (χ0) is 13.2. The average molecular weight is 264 g/mol. The highest BCUT2D eigenvalue weighted by molar-refractivity contribution is 7.89. The molecule has 1 heterocycles. The molecule has 0 aliphatic carbocycles. The normalized spacial score (nSPS) is 21.4. The highest BCUT2D eigenvalue weighted by Gasteiger charge is 2.32. The second-order valence-corrected chi connectivity index (χ2v) is 6.43. The smallest absolute Gasteiger partial charge is 0.207 e. The first kappa shape index (κ1) is 13.1. The summed E-state index contributed by atoms with van der Waals surface area (Å²) in [5.74, 6) is 0. The van der Waals surface area contributed by atoms with E-state index in [1.165, 1.54) is 10.4 Å². The predicted molar refractivity (Wildman–Crippen MR) is 68.4 cm³/mol. The summed E-state index contributed by atoms with van der Waals surface area (Å²) in [4.78, 5) is 0.126. The maximum Gasteiger partial charge on any atom is 0.244 e. The van der Waals surface area contributed by atoms with Crippen LogP contribution in [-0.4, -0.2) is 25.3 Å². The second kappa shape index (κ2) is 5.09. The van der Waals surface area contributed by atoms with Crippen LogP contribution in [0.2, 0.25) is 0 Å². The third kappa shape index (κ3) is 2.26. The number of hydrogen-bond acceptors (Lipinski definition) is 3. The Labute approximate surface area is 108 Å². The molecule has 0 radical (unpaired) electrons. The number of rotatable bonds is 2. The fraction of sp³-hybridized carbons (Fsp3) is 0.462. The monoisotopic (exact) mass is 264 g/mol. The van der Waals surface area contributed by atoms with E-state index in [2.05, 4.69) is 0 Å². The number of benzene rings is 1. The van der Waals surface area contributed by atoms with Crippen molar-refractivity contribution in [3.05, 3.63) is 29.8 Å². The van der Waals surface area contributed by atoms with Gasteiger partial charge in [0.25, 0.3) is 0 Å². The van der Waals surface area contributed by atoms with Crippen molar-refractivity contribution in [1.29, 1.82) is 5.26 Å². The van der Waals surface area contributed by atoms with Crippen LogP contribution in [0.5, 0.6) is 0 Å². The number of nitriles is 1. The topological polar surface area (TPSA) is 61.2 Å². The molecule has 0 N–H and O–H groups in total. The van der Waals surface area contributed by atoms with Gasteiger partial charge in [0.15, 0.2) is 0 Å². The van der Waals surface area contributed by atoms with E-state index in [4.69, 9.17) is 5.26 Å². The van der Waals surface area contributed by atoms with Crippen LogP contribution >= 0.6 is 0 Å². The van der Waals surface area contributed by atoms with Gasteiger partial charge in [-0.3, -0.25) is 0 Å². The molecule has 4 nitrogen and oxygen atoms in total. The van der Waals surface area contributed by atoms with Gasteiger partial charge in [0.1, 0.15) is 6.07 Å². The first-order valence-electron chi connectivity index (χ1n) is 6.08. The third-order valence-corrected chi connectivity index (χ3v) is 5.41. The Hall–Kier alpha value is -1.38. The maximum atomic E-state index is 12.6. The van der Waals surface area contributed by atoms with Crippen molar-refractivity contribution in [2.24, 2.45) is 0 Å². The van der Waals surface area contributed by atoms with Crippen molar-refractivity contribution in [3.63, 3.8) is 0 Å². The first-order valence-corrected chi connectivity index (χ1v) is 7.52. The minimum absolute atomic E-state index is 0.00972. The van der Waals surface area contributed by atoms with E-state index in [0.29, 0.717) is 6.54 Å². The molecule has 0 amide bonds. The Morgan fingerprint density at radius 1 is 1.33 bits per heavy atom. The van der Waals surface area contributed by atoms with Crippen LogP contribution in [0.15, 0.2) is 29.2 Å². The summed E-state index contributed by atoms with van der Waals surface area (Å²) in [6, 6.07) is 8.34. The van der Waals surface area contributed by atoms with Crippen molar-refractivity contribution in [2.75, 3.05) is 6.54 Å². The fourth-order valence-corrected chi connectivity index (χ4v) is 4.18. The van der Waals surface area contributed by atoms with Crippen LogP contribution in [0.3, 0.4) is 0 Å². The second-order valence-electron chi connectivity index (χ2n) is 4.57. The predicted octanol–water partition coefficient (Wildman–Crippen LogP) is 2.12. The van der Waals surface area contributed by atoms with Gasteiger partial charge < -0.3 is 0 Å². The zero-order valence-corrected chi connectivity index (χ0v) is 11.2. The van der Waals surface area contributed by atoms with Crippen molar-refractivity contribution >= 4 is 10.0 Å². The summed E-state index contributed by atoms with van der Waals surface area (Å²) in [6.45, 7) is 2.47. The average Bonchev–Trinajstić information content (AvgIpc) is 2.39. The molecule has 18 heavy (non-hydrogen) atoms. The van der Waals surface area contributed by atoms with Gasteiger partial charge in [-0.05, 0) is 31.9 Å². The third-order valence-electron chi connectivity index (χ3n) is 3.34. The SMILES string of the molecule is CC1CCCCN1S(=O)(=O)c1ccccc1C#N. The molecule has 1 aliphatic rings. The standard InChI is InChI=1S/C13H16N2O2S/c1-11-6-4-5-9-15(11)18(16,17)13-8-3-2-7-12(13)10-14/h2-3,7-8,11H,4-6,9H2,1H3. The molecule has 1 aromatic rings. The molecule has 96 valence electrons. The fourth-order valence-electron chi connectivity index (χ4n) is 2.34. The Balaban J connectivity index is 2.45. The van der Waals surface area contributed by atoms with Crippen LogP contribution in [0.1, 0.15) is 31.7 Å². The lowest BCUT2D eigenvalue weighted by Gasteiger charge is -2.32. The number of sulfonamides is 1. The zero-order valence-electron chi connectivity index (χ0n) is 10.3. The minimum Gasteiger partial charge on any atom is -0.207 e. The molecule has 1 saturated heterocycles. The summed E-state index contributed by atoms with van der Waals surface area (Å²) in [6.07, 6.45) is 2.83. The molecule has 1 aromatic carbocycles. The summed E-state index contributed by atoms with van der Waals surface area (Å²) < 4.78 is 26.6. The van der Waals surface area contributed by atoms with Gasteiger partial charge in [0, 0.05) is 12.6 Å². The lowest BCUT2D eigenvalue weighted by atomic mass is 10.1. The van der Waals surface area contributed by atoms with E-state index in [9.17, 15) is 8.42 Å². The van der Waals surface area contributed by atoms with Crippen LogP contribution in [-0.2, 0) is 10.0 Å². The molecule has 1 unspecified atom stereocenters. The highest BCUT2D eigenvalue weighted by Crippen LogP contribution is 2.26. The Morgan fingerprint density at radius 3 is 2.72 bits per heavy atom. The van der Waals surface area contributed by atoms with Crippen molar-refractivity contribution in [2.45, 2.75) is 37.1 Å². The van der Waals surface area contributed by atoms with Crippen molar-refractivity contribution in [3.8, 4) is 6.07 Å². The number of hydrogen-bond donors (Lipinski definition) is 0. The first-order chi connectivity index (χ1) is 8.57. The quantitative estimate of drug-likeness (QED) is 0.822. The molecule has 0 bridgehead atoms. The maximum absolute atomic E-state index is 12.6. The van der Waals surface area contributed by atoms with Gasteiger partial charge in [0.2, 0.25) is 10.0 Å². The molecule has 1 atom stereocenters. The Bertz CT molecular complexity index is 575. The summed E-state index contributed by atoms with van der Waals surface area (Å²) in [5, 5.41) is 9.01. The van der Waals surface area contributed by atoms with Crippen LogP contribution in [0, 0.1) is 11.3 Å². The summed E-state index contributed by atoms with van der Waals surface area (Å²) in [7, 11) is -3.54. The van der Waals surface area contributed by atoms with Crippen LogP contribution in [0.25, 0.3) is 0 Å². The lowest BCUT2D eigenvalue weighted by molar-refractivity contribution is 0.268. The molecule has 0 saturated carbocycles. The molecular weight excluding hydrogens is 248 g/mol. The number of piperidine rings is 1. The molecule has 1 fully saturated rings. The Kier molecular flexibility index (Phi) is 3.69. The van der Waals surface area contributed by atoms with Gasteiger partial charge >= 0.3 is 0 Å².